The van der Waals surface area contributed by atoms with Crippen LogP contribution in [0, 0.1) is 0 Å². The van der Waals surface area contributed by atoms with Gasteiger partial charge in [-0.2, -0.15) is 0 Å². The molecule has 2 unspecified atom stereocenters. The van der Waals surface area contributed by atoms with E-state index in [2.05, 4.69) is 15.6 Å². The van der Waals surface area contributed by atoms with Crippen molar-refractivity contribution in [1.82, 2.24) is 9.55 Å². The summed E-state index contributed by atoms with van der Waals surface area (Å²) >= 11 is 0. The molecule has 1 aliphatic carbocycles. The molecule has 2 aromatic rings. The van der Waals surface area contributed by atoms with Gasteiger partial charge in [-0.05, 0) is 37.8 Å². The highest BCUT2D eigenvalue weighted by atomic mass is 16.3. The summed E-state index contributed by atoms with van der Waals surface area (Å²) in [5, 5.41) is 9.72. The number of imidazole rings is 1. The lowest BCUT2D eigenvalue weighted by atomic mass is 9.93. The van der Waals surface area contributed by atoms with Gasteiger partial charge in [-0.3, -0.25) is 0 Å². The molecule has 1 aliphatic rings. The molecule has 1 aromatic carbocycles. The van der Waals surface area contributed by atoms with Gasteiger partial charge in [0.25, 0.3) is 0 Å². The number of aliphatic hydroxyl groups is 1. The summed E-state index contributed by atoms with van der Waals surface area (Å²) in [5.74, 6) is 0. The molecule has 0 saturated heterocycles. The van der Waals surface area contributed by atoms with Crippen molar-refractivity contribution in [2.75, 3.05) is 0 Å². The van der Waals surface area contributed by atoms with Gasteiger partial charge in [-0.15, -0.1) is 0 Å². The number of aliphatic hydroxyl groups excluding tert-OH is 1. The fourth-order valence-electron chi connectivity index (χ4n) is 2.66. The topological polar surface area (TPSA) is 38.0 Å². The molecule has 1 saturated carbocycles. The van der Waals surface area contributed by atoms with Crippen LogP contribution in [0.2, 0.25) is 0 Å². The van der Waals surface area contributed by atoms with Gasteiger partial charge in [-0.1, -0.05) is 12.1 Å². The Morgan fingerprint density at radius 3 is 3.00 bits per heavy atom. The van der Waals surface area contributed by atoms with E-state index >= 15 is 0 Å². The Balaban J connectivity index is 1.99. The summed E-state index contributed by atoms with van der Waals surface area (Å²) in [6.45, 7) is 0. The molecule has 0 spiro atoms. The Morgan fingerprint density at radius 1 is 1.25 bits per heavy atom. The summed E-state index contributed by atoms with van der Waals surface area (Å²) in [5.41, 5.74) is 2.23. The average molecular weight is 216 g/mol. The van der Waals surface area contributed by atoms with Crippen LogP contribution in [-0.2, 0) is 0 Å². The minimum Gasteiger partial charge on any atom is -0.393 e. The molecule has 2 atom stereocenters. The van der Waals surface area contributed by atoms with Gasteiger partial charge in [-0.25, -0.2) is 4.98 Å². The molecule has 84 valence electrons. The van der Waals surface area contributed by atoms with Crippen LogP contribution in [0.15, 0.2) is 30.6 Å². The molecule has 0 bridgehead atoms. The summed E-state index contributed by atoms with van der Waals surface area (Å²) in [6, 6.07) is 8.60. The minimum absolute atomic E-state index is 0.139. The Morgan fingerprint density at radius 2 is 2.12 bits per heavy atom. The lowest BCUT2D eigenvalue weighted by Crippen LogP contribution is -2.21. The van der Waals surface area contributed by atoms with Crippen LogP contribution in [0.4, 0.5) is 0 Å². The predicted octanol–water partition coefficient (Wildman–Crippen LogP) is 2.51. The second-order valence-corrected chi connectivity index (χ2v) is 4.61. The Bertz CT molecular complexity index is 491. The summed E-state index contributed by atoms with van der Waals surface area (Å²) in [4.78, 5) is 4.40. The fourth-order valence-corrected chi connectivity index (χ4v) is 2.66. The molecule has 1 heterocycles. The van der Waals surface area contributed by atoms with Crippen molar-refractivity contribution in [3.05, 3.63) is 30.6 Å². The van der Waals surface area contributed by atoms with Gasteiger partial charge in [0.15, 0.2) is 0 Å². The molecule has 3 heteroatoms. The van der Waals surface area contributed by atoms with Crippen LogP contribution in [-0.4, -0.2) is 20.8 Å². The maximum absolute atomic E-state index is 9.72. The van der Waals surface area contributed by atoms with Crippen LogP contribution < -0.4 is 0 Å². The average Bonchev–Trinajstić information content (AvgIpc) is 2.72. The molecule has 1 fully saturated rings. The first-order chi connectivity index (χ1) is 7.84. The van der Waals surface area contributed by atoms with Crippen molar-refractivity contribution in [2.24, 2.45) is 0 Å². The van der Waals surface area contributed by atoms with Crippen molar-refractivity contribution < 1.29 is 5.11 Å². The van der Waals surface area contributed by atoms with Crippen molar-refractivity contribution in [2.45, 2.75) is 37.8 Å². The van der Waals surface area contributed by atoms with Gasteiger partial charge in [0.05, 0.1) is 23.5 Å². The first-order valence-electron chi connectivity index (χ1n) is 5.94. The molecule has 1 aromatic heterocycles. The monoisotopic (exact) mass is 216 g/mol. The number of fused-ring (bicyclic) bond motifs is 1. The first-order valence-corrected chi connectivity index (χ1v) is 5.94. The zero-order chi connectivity index (χ0) is 11.0. The van der Waals surface area contributed by atoms with Crippen LogP contribution >= 0.6 is 0 Å². The summed E-state index contributed by atoms with van der Waals surface area (Å²) < 4.78 is 2.22. The molecule has 1 N–H and O–H groups in total. The van der Waals surface area contributed by atoms with E-state index in [0.717, 1.165) is 31.2 Å². The van der Waals surface area contributed by atoms with E-state index in [4.69, 9.17) is 0 Å². The third-order valence-corrected chi connectivity index (χ3v) is 3.49. The standard InChI is InChI=1S/C13H16N2O/c16-11-5-3-4-10(8-11)15-9-14-12-6-1-2-7-13(12)15/h1-2,6-7,9-11,16H,3-5,8H2. The summed E-state index contributed by atoms with van der Waals surface area (Å²) in [6.07, 6.45) is 5.84. The first kappa shape index (κ1) is 9.85. The third-order valence-electron chi connectivity index (χ3n) is 3.49. The molecule has 0 radical (unpaired) electrons. The molecule has 3 rings (SSSR count). The number of benzene rings is 1. The van der Waals surface area contributed by atoms with Crippen molar-refractivity contribution in [3.63, 3.8) is 0 Å². The van der Waals surface area contributed by atoms with Crippen molar-refractivity contribution >= 4 is 11.0 Å². The number of hydrogen-bond acceptors (Lipinski definition) is 2. The molecule has 16 heavy (non-hydrogen) atoms. The molecule has 0 amide bonds. The van der Waals surface area contributed by atoms with E-state index in [1.807, 2.05) is 24.5 Å². The number of aromatic nitrogens is 2. The predicted molar refractivity (Wildman–Crippen MR) is 63.2 cm³/mol. The van der Waals surface area contributed by atoms with Crippen molar-refractivity contribution in [1.29, 1.82) is 0 Å². The van der Waals surface area contributed by atoms with Gasteiger partial charge in [0, 0.05) is 6.04 Å². The Hall–Kier alpha value is -1.35. The zero-order valence-electron chi connectivity index (χ0n) is 9.21. The lowest BCUT2D eigenvalue weighted by molar-refractivity contribution is 0.105. The number of para-hydroxylation sites is 2. The van der Waals surface area contributed by atoms with E-state index in [0.29, 0.717) is 6.04 Å². The number of nitrogens with zero attached hydrogens (tertiary/aromatic N) is 2. The third kappa shape index (κ3) is 1.61. The summed E-state index contributed by atoms with van der Waals surface area (Å²) in [7, 11) is 0. The second kappa shape index (κ2) is 3.91. The quantitative estimate of drug-likeness (QED) is 0.795. The lowest BCUT2D eigenvalue weighted by Gasteiger charge is -2.27. The molecule has 0 aliphatic heterocycles. The highest BCUT2D eigenvalue weighted by Gasteiger charge is 2.22. The van der Waals surface area contributed by atoms with Gasteiger partial charge >= 0.3 is 0 Å². The highest BCUT2D eigenvalue weighted by molar-refractivity contribution is 5.75. The Kier molecular flexibility index (Phi) is 2.40. The van der Waals surface area contributed by atoms with Crippen LogP contribution in [0.1, 0.15) is 31.7 Å². The minimum atomic E-state index is -0.139. The number of hydrogen-bond donors (Lipinski definition) is 1. The maximum Gasteiger partial charge on any atom is 0.0960 e. The largest absolute Gasteiger partial charge is 0.393 e. The van der Waals surface area contributed by atoms with E-state index in [1.54, 1.807) is 0 Å². The van der Waals surface area contributed by atoms with Crippen molar-refractivity contribution in [3.8, 4) is 0 Å². The van der Waals surface area contributed by atoms with E-state index < -0.39 is 0 Å². The highest BCUT2D eigenvalue weighted by Crippen LogP contribution is 2.30. The van der Waals surface area contributed by atoms with Gasteiger partial charge in [0.2, 0.25) is 0 Å². The zero-order valence-corrected chi connectivity index (χ0v) is 9.21. The number of rotatable bonds is 1. The smallest absolute Gasteiger partial charge is 0.0960 e. The fraction of sp³-hybridized carbons (Fsp3) is 0.462. The van der Waals surface area contributed by atoms with Crippen LogP contribution in [0.25, 0.3) is 11.0 Å². The van der Waals surface area contributed by atoms with Crippen LogP contribution in [0.3, 0.4) is 0 Å². The SMILES string of the molecule is OC1CCCC(n2cnc3ccccc32)C1. The van der Waals surface area contributed by atoms with E-state index in [-0.39, 0.29) is 6.10 Å². The van der Waals surface area contributed by atoms with Gasteiger partial charge in [0.1, 0.15) is 0 Å². The Labute approximate surface area is 94.7 Å². The normalized spacial score (nSPS) is 26.1. The molecule has 3 nitrogen and oxygen atoms in total. The maximum atomic E-state index is 9.72. The van der Waals surface area contributed by atoms with E-state index in [9.17, 15) is 5.11 Å². The van der Waals surface area contributed by atoms with Crippen LogP contribution in [0.5, 0.6) is 0 Å². The second-order valence-electron chi connectivity index (χ2n) is 4.61. The molecular formula is C13H16N2O. The molecular weight excluding hydrogens is 200 g/mol. The van der Waals surface area contributed by atoms with E-state index in [1.165, 1.54) is 5.52 Å². The van der Waals surface area contributed by atoms with Gasteiger partial charge < -0.3 is 9.67 Å².